The molecule has 5 rings (SSSR count). The zero-order valence-corrected chi connectivity index (χ0v) is 20.2. The van der Waals surface area contributed by atoms with Crippen LogP contribution in [0.2, 0.25) is 0 Å². The first-order valence-electron chi connectivity index (χ1n) is 12.2. The van der Waals surface area contributed by atoms with E-state index in [-0.39, 0.29) is 12.1 Å². The van der Waals surface area contributed by atoms with Gasteiger partial charge in [0.25, 0.3) is 0 Å². The third-order valence-electron chi connectivity index (χ3n) is 7.22. The van der Waals surface area contributed by atoms with Crippen molar-refractivity contribution in [2.24, 2.45) is 10.9 Å². The summed E-state index contributed by atoms with van der Waals surface area (Å²) >= 11 is 1.82. The largest absolute Gasteiger partial charge is 0.361 e. The van der Waals surface area contributed by atoms with Crippen LogP contribution in [0.25, 0.3) is 0 Å². The van der Waals surface area contributed by atoms with Crippen molar-refractivity contribution in [2.75, 3.05) is 42.9 Å². The molecular weight excluding hydrogens is 432 g/mol. The van der Waals surface area contributed by atoms with Gasteiger partial charge in [-0.05, 0) is 75.5 Å². The third kappa shape index (κ3) is 4.92. The summed E-state index contributed by atoms with van der Waals surface area (Å²) in [6.07, 6.45) is 7.78. The molecule has 1 N–H and O–H groups in total. The van der Waals surface area contributed by atoms with Crippen LogP contribution in [0.3, 0.4) is 0 Å². The Morgan fingerprint density at radius 1 is 1.18 bits per heavy atom. The van der Waals surface area contributed by atoms with Gasteiger partial charge in [0, 0.05) is 42.7 Å². The maximum Gasteiger partial charge on any atom is 0.225 e. The Hall–Kier alpha value is -2.45. The summed E-state index contributed by atoms with van der Waals surface area (Å²) in [6.45, 7) is 7.39. The lowest BCUT2D eigenvalue weighted by atomic mass is 9.93. The molecule has 0 saturated carbocycles. The fourth-order valence-electron chi connectivity index (χ4n) is 5.46. The minimum absolute atomic E-state index is 0.131. The number of fused-ring (bicyclic) bond motifs is 1. The number of amides is 1. The van der Waals surface area contributed by atoms with Gasteiger partial charge in [-0.1, -0.05) is 6.07 Å². The van der Waals surface area contributed by atoms with E-state index in [2.05, 4.69) is 53.6 Å². The van der Waals surface area contributed by atoms with Crippen LogP contribution in [-0.2, 0) is 11.3 Å². The highest BCUT2D eigenvalue weighted by Gasteiger charge is 2.38. The molecule has 0 bridgehead atoms. The molecule has 0 radical (unpaired) electrons. The van der Waals surface area contributed by atoms with Crippen LogP contribution in [0.5, 0.6) is 0 Å². The average molecular weight is 467 g/mol. The lowest BCUT2D eigenvalue weighted by Gasteiger charge is -2.41. The van der Waals surface area contributed by atoms with Crippen molar-refractivity contribution < 1.29 is 4.79 Å². The van der Waals surface area contributed by atoms with Crippen LogP contribution in [0.15, 0.2) is 40.8 Å². The van der Waals surface area contributed by atoms with E-state index in [1.165, 1.54) is 4.88 Å². The molecule has 2 saturated heterocycles. The molecule has 3 aliphatic heterocycles. The molecule has 33 heavy (non-hydrogen) atoms. The summed E-state index contributed by atoms with van der Waals surface area (Å²) in [4.78, 5) is 30.9. The lowest BCUT2D eigenvalue weighted by Crippen LogP contribution is -2.52. The second-order valence-corrected chi connectivity index (χ2v) is 10.3. The highest BCUT2D eigenvalue weighted by atomic mass is 32.1. The number of hydrogen-bond acceptors (Lipinski definition) is 7. The van der Waals surface area contributed by atoms with E-state index in [4.69, 9.17) is 0 Å². The van der Waals surface area contributed by atoms with Crippen LogP contribution >= 0.6 is 11.3 Å². The lowest BCUT2D eigenvalue weighted by molar-refractivity contribution is -0.138. The van der Waals surface area contributed by atoms with Crippen molar-refractivity contribution in [1.29, 1.82) is 0 Å². The Morgan fingerprint density at radius 3 is 2.73 bits per heavy atom. The number of rotatable bonds is 6. The number of hydrogen-bond donors (Lipinski definition) is 1. The van der Waals surface area contributed by atoms with E-state index in [1.807, 2.05) is 36.7 Å². The molecule has 3 aliphatic rings. The van der Waals surface area contributed by atoms with Crippen LogP contribution < -0.4 is 10.2 Å². The van der Waals surface area contributed by atoms with Gasteiger partial charge in [0.1, 0.15) is 6.17 Å². The molecule has 1 amide bonds. The maximum atomic E-state index is 13.3. The van der Waals surface area contributed by atoms with Gasteiger partial charge >= 0.3 is 0 Å². The zero-order chi connectivity index (χ0) is 22.6. The standard InChI is InChI=1S/C25H34N6OS/c1-2-26-17-23-28-22-6-3-11-27-24(22)31(23)20-9-14-30(15-10-20)25(32)19-7-12-29(13-8-19)18-21-5-4-16-33-21/h2-6,11,16,19-20,23,28H,7-10,12-15,17-18H2,1H3. The predicted molar refractivity (Wildman–Crippen MR) is 135 cm³/mol. The van der Waals surface area contributed by atoms with Gasteiger partial charge in [-0.2, -0.15) is 0 Å². The Labute approximate surface area is 200 Å². The fourth-order valence-corrected chi connectivity index (χ4v) is 6.21. The van der Waals surface area contributed by atoms with Gasteiger partial charge in [0.05, 0.1) is 12.2 Å². The van der Waals surface area contributed by atoms with Gasteiger partial charge in [-0.3, -0.25) is 14.7 Å². The molecule has 5 heterocycles. The number of carbonyl (C=O) groups excluding carboxylic acids is 1. The Bertz CT molecular complexity index is 948. The fraction of sp³-hybridized carbons (Fsp3) is 0.560. The first-order chi connectivity index (χ1) is 16.2. The molecular formula is C25H34N6OS. The topological polar surface area (TPSA) is 64.1 Å². The van der Waals surface area contributed by atoms with Crippen molar-refractivity contribution in [3.05, 3.63) is 40.7 Å². The second kappa shape index (κ2) is 10.2. The van der Waals surface area contributed by atoms with E-state index in [0.29, 0.717) is 18.5 Å². The van der Waals surface area contributed by atoms with E-state index in [1.54, 1.807) is 0 Å². The predicted octanol–water partition coefficient (Wildman–Crippen LogP) is 3.70. The van der Waals surface area contributed by atoms with Gasteiger partial charge in [-0.25, -0.2) is 4.98 Å². The van der Waals surface area contributed by atoms with Gasteiger partial charge in [-0.15, -0.1) is 11.3 Å². The summed E-state index contributed by atoms with van der Waals surface area (Å²) in [7, 11) is 0. The van der Waals surface area contributed by atoms with E-state index >= 15 is 0 Å². The number of likely N-dealkylation sites (tertiary alicyclic amines) is 2. The number of nitrogens with zero attached hydrogens (tertiary/aromatic N) is 5. The molecule has 0 aliphatic carbocycles. The third-order valence-corrected chi connectivity index (χ3v) is 8.08. The normalized spacial score (nSPS) is 22.6. The molecule has 7 nitrogen and oxygen atoms in total. The number of carbonyl (C=O) groups is 1. The van der Waals surface area contributed by atoms with Crippen LogP contribution in [0.1, 0.15) is 37.5 Å². The van der Waals surface area contributed by atoms with Crippen LogP contribution in [-0.4, -0.2) is 71.8 Å². The summed E-state index contributed by atoms with van der Waals surface area (Å²) in [5.74, 6) is 1.58. The minimum Gasteiger partial charge on any atom is -0.361 e. The molecule has 1 unspecified atom stereocenters. The van der Waals surface area contributed by atoms with E-state index in [0.717, 1.165) is 69.9 Å². The zero-order valence-electron chi connectivity index (χ0n) is 19.4. The molecule has 2 fully saturated rings. The highest BCUT2D eigenvalue weighted by molar-refractivity contribution is 7.09. The SMILES string of the molecule is CC=NCC1Nc2cccnc2N1C1CCN(C(=O)C2CCN(Cc3cccs3)CC2)CC1. The summed E-state index contributed by atoms with van der Waals surface area (Å²) in [6, 6.07) is 8.76. The molecule has 2 aromatic heterocycles. The molecule has 8 heteroatoms. The number of anilines is 2. The van der Waals surface area contributed by atoms with Gasteiger partial charge < -0.3 is 15.1 Å². The van der Waals surface area contributed by atoms with Crippen molar-refractivity contribution in [2.45, 2.75) is 51.4 Å². The summed E-state index contributed by atoms with van der Waals surface area (Å²) in [5, 5.41) is 5.73. The quantitative estimate of drug-likeness (QED) is 0.658. The van der Waals surface area contributed by atoms with Gasteiger partial charge in [0.15, 0.2) is 5.82 Å². The number of piperidine rings is 2. The van der Waals surface area contributed by atoms with Crippen molar-refractivity contribution in [1.82, 2.24) is 14.8 Å². The number of aromatic nitrogens is 1. The second-order valence-electron chi connectivity index (χ2n) is 9.25. The van der Waals surface area contributed by atoms with Crippen LogP contribution in [0.4, 0.5) is 11.5 Å². The van der Waals surface area contributed by atoms with Gasteiger partial charge in [0.2, 0.25) is 5.91 Å². The summed E-state index contributed by atoms with van der Waals surface area (Å²) in [5.41, 5.74) is 1.08. The van der Waals surface area contributed by atoms with Crippen molar-refractivity contribution >= 4 is 35.0 Å². The number of aliphatic imine (C=N–C) groups is 1. The molecule has 0 spiro atoms. The Balaban J connectivity index is 1.15. The number of nitrogens with one attached hydrogen (secondary N) is 1. The Morgan fingerprint density at radius 2 is 2.00 bits per heavy atom. The number of pyridine rings is 1. The smallest absolute Gasteiger partial charge is 0.225 e. The molecule has 0 aromatic carbocycles. The first-order valence-corrected chi connectivity index (χ1v) is 13.1. The maximum absolute atomic E-state index is 13.3. The van der Waals surface area contributed by atoms with Crippen LogP contribution in [0, 0.1) is 5.92 Å². The molecule has 176 valence electrons. The van der Waals surface area contributed by atoms with Crippen molar-refractivity contribution in [3.63, 3.8) is 0 Å². The monoisotopic (exact) mass is 466 g/mol. The Kier molecular flexibility index (Phi) is 6.92. The van der Waals surface area contributed by atoms with E-state index < -0.39 is 0 Å². The minimum atomic E-state index is 0.131. The number of thiophene rings is 1. The van der Waals surface area contributed by atoms with E-state index in [9.17, 15) is 4.79 Å². The first kappa shape index (κ1) is 22.3. The highest BCUT2D eigenvalue weighted by Crippen LogP contribution is 2.36. The van der Waals surface area contributed by atoms with Crippen molar-refractivity contribution in [3.8, 4) is 0 Å². The summed E-state index contributed by atoms with van der Waals surface area (Å²) < 4.78 is 0. The average Bonchev–Trinajstić information content (AvgIpc) is 3.50. The molecule has 1 atom stereocenters. The molecule has 2 aromatic rings.